The smallest absolute Gasteiger partial charge is 0.243 e. The SMILES string of the molecule is CCOc1ccc(NC(=O)CN(C)S(=O)(=O)c2ccc3nc(C)sc3c2)cc1. The van der Waals surface area contributed by atoms with Crippen LogP contribution in [0.2, 0.25) is 0 Å². The van der Waals surface area contributed by atoms with Crippen LogP contribution < -0.4 is 10.1 Å². The van der Waals surface area contributed by atoms with Gasteiger partial charge in [0.25, 0.3) is 0 Å². The van der Waals surface area contributed by atoms with Crippen LogP contribution in [0.5, 0.6) is 5.75 Å². The first-order valence-electron chi connectivity index (χ1n) is 8.66. The Hall–Kier alpha value is -2.49. The second-order valence-electron chi connectivity index (χ2n) is 6.13. The van der Waals surface area contributed by atoms with E-state index < -0.39 is 15.9 Å². The number of hydrogen-bond donors (Lipinski definition) is 1. The summed E-state index contributed by atoms with van der Waals surface area (Å²) in [5, 5.41) is 3.56. The number of anilines is 1. The standard InChI is InChI=1S/C19H21N3O4S2/c1-4-26-15-7-5-14(6-8-15)21-19(23)12-22(3)28(24,25)16-9-10-17-18(11-16)27-13(2)20-17/h5-11H,4,12H2,1-3H3,(H,21,23). The van der Waals surface area contributed by atoms with Gasteiger partial charge >= 0.3 is 0 Å². The molecular weight excluding hydrogens is 398 g/mol. The normalized spacial score (nSPS) is 11.7. The third-order valence-corrected chi connectivity index (χ3v) is 6.72. The van der Waals surface area contributed by atoms with E-state index in [4.69, 9.17) is 4.74 Å². The van der Waals surface area contributed by atoms with Gasteiger partial charge in [0, 0.05) is 12.7 Å². The van der Waals surface area contributed by atoms with Gasteiger partial charge in [-0.15, -0.1) is 11.3 Å². The van der Waals surface area contributed by atoms with E-state index in [9.17, 15) is 13.2 Å². The zero-order valence-corrected chi connectivity index (χ0v) is 17.4. The predicted octanol–water partition coefficient (Wildman–Crippen LogP) is 3.26. The van der Waals surface area contributed by atoms with Gasteiger partial charge < -0.3 is 10.1 Å². The predicted molar refractivity (Wildman–Crippen MR) is 110 cm³/mol. The van der Waals surface area contributed by atoms with Gasteiger partial charge in [-0.2, -0.15) is 4.31 Å². The minimum atomic E-state index is -3.79. The lowest BCUT2D eigenvalue weighted by molar-refractivity contribution is -0.116. The maximum Gasteiger partial charge on any atom is 0.243 e. The average Bonchev–Trinajstić information content (AvgIpc) is 3.02. The van der Waals surface area contributed by atoms with Gasteiger partial charge in [-0.05, 0) is 56.3 Å². The highest BCUT2D eigenvalue weighted by molar-refractivity contribution is 7.89. The van der Waals surface area contributed by atoms with Crippen LogP contribution in [0, 0.1) is 6.92 Å². The zero-order valence-electron chi connectivity index (χ0n) is 15.8. The Kier molecular flexibility index (Phi) is 5.97. The molecule has 0 atom stereocenters. The summed E-state index contributed by atoms with van der Waals surface area (Å²) < 4.78 is 32.8. The van der Waals surface area contributed by atoms with Crippen molar-refractivity contribution in [1.29, 1.82) is 0 Å². The van der Waals surface area contributed by atoms with Crippen molar-refractivity contribution < 1.29 is 17.9 Å². The van der Waals surface area contributed by atoms with Crippen LogP contribution >= 0.6 is 11.3 Å². The number of nitrogens with zero attached hydrogens (tertiary/aromatic N) is 2. The topological polar surface area (TPSA) is 88.6 Å². The lowest BCUT2D eigenvalue weighted by Gasteiger charge is -2.17. The van der Waals surface area contributed by atoms with Crippen molar-refractivity contribution in [3.63, 3.8) is 0 Å². The largest absolute Gasteiger partial charge is 0.494 e. The molecule has 0 saturated carbocycles. The summed E-state index contributed by atoms with van der Waals surface area (Å²) in [6.07, 6.45) is 0. The highest BCUT2D eigenvalue weighted by atomic mass is 32.2. The Labute approximate surface area is 168 Å². The molecule has 7 nitrogen and oxygen atoms in total. The number of sulfonamides is 1. The molecule has 0 unspecified atom stereocenters. The molecular formula is C19H21N3O4S2. The Morgan fingerprint density at radius 1 is 1.21 bits per heavy atom. The van der Waals surface area contributed by atoms with E-state index in [-0.39, 0.29) is 11.4 Å². The molecule has 9 heteroatoms. The van der Waals surface area contributed by atoms with Gasteiger partial charge in [0.05, 0.1) is 33.3 Å². The number of rotatable bonds is 7. The Bertz CT molecular complexity index is 1090. The molecule has 28 heavy (non-hydrogen) atoms. The van der Waals surface area contributed by atoms with Gasteiger partial charge in [0.2, 0.25) is 15.9 Å². The van der Waals surface area contributed by atoms with E-state index >= 15 is 0 Å². The number of fused-ring (bicyclic) bond motifs is 1. The van der Waals surface area contributed by atoms with E-state index in [1.165, 1.54) is 24.5 Å². The number of nitrogens with one attached hydrogen (secondary N) is 1. The number of carbonyl (C=O) groups is 1. The average molecular weight is 420 g/mol. The summed E-state index contributed by atoms with van der Waals surface area (Å²) in [5.41, 5.74) is 1.33. The summed E-state index contributed by atoms with van der Waals surface area (Å²) in [7, 11) is -2.41. The minimum Gasteiger partial charge on any atom is -0.494 e. The fraction of sp³-hybridized carbons (Fsp3) is 0.263. The van der Waals surface area contributed by atoms with E-state index in [0.29, 0.717) is 18.0 Å². The van der Waals surface area contributed by atoms with E-state index in [1.54, 1.807) is 36.4 Å². The summed E-state index contributed by atoms with van der Waals surface area (Å²) in [5.74, 6) is 0.277. The molecule has 0 aliphatic rings. The van der Waals surface area contributed by atoms with E-state index in [0.717, 1.165) is 19.5 Å². The van der Waals surface area contributed by atoms with Gasteiger partial charge in [-0.25, -0.2) is 13.4 Å². The van der Waals surface area contributed by atoms with Crippen molar-refractivity contribution in [2.75, 3.05) is 25.5 Å². The zero-order chi connectivity index (χ0) is 20.3. The monoisotopic (exact) mass is 419 g/mol. The highest BCUT2D eigenvalue weighted by Crippen LogP contribution is 2.26. The molecule has 0 aliphatic carbocycles. The molecule has 0 bridgehead atoms. The first kappa shape index (κ1) is 20.2. The molecule has 148 valence electrons. The molecule has 3 rings (SSSR count). The van der Waals surface area contributed by atoms with Crippen molar-refractivity contribution in [3.8, 4) is 5.75 Å². The number of likely N-dealkylation sites (N-methyl/N-ethyl adjacent to an activating group) is 1. The van der Waals surface area contributed by atoms with Crippen LogP contribution in [0.15, 0.2) is 47.4 Å². The van der Waals surface area contributed by atoms with Crippen molar-refractivity contribution in [1.82, 2.24) is 9.29 Å². The summed E-state index contributed by atoms with van der Waals surface area (Å²) >= 11 is 1.43. The second kappa shape index (κ2) is 8.26. The molecule has 1 N–H and O–H groups in total. The Morgan fingerprint density at radius 3 is 2.61 bits per heavy atom. The third kappa shape index (κ3) is 4.49. The van der Waals surface area contributed by atoms with Crippen molar-refractivity contribution in [3.05, 3.63) is 47.5 Å². The van der Waals surface area contributed by atoms with Gasteiger partial charge in [0.1, 0.15) is 5.75 Å². The fourth-order valence-corrected chi connectivity index (χ4v) is 4.74. The number of aromatic nitrogens is 1. The minimum absolute atomic E-state index is 0.139. The second-order valence-corrected chi connectivity index (χ2v) is 9.41. The Morgan fingerprint density at radius 2 is 1.93 bits per heavy atom. The number of ether oxygens (including phenoxy) is 1. The highest BCUT2D eigenvalue weighted by Gasteiger charge is 2.23. The molecule has 3 aromatic rings. The fourth-order valence-electron chi connectivity index (χ4n) is 2.65. The van der Waals surface area contributed by atoms with Crippen LogP contribution in [0.1, 0.15) is 11.9 Å². The van der Waals surface area contributed by atoms with Gasteiger partial charge in [0.15, 0.2) is 0 Å². The van der Waals surface area contributed by atoms with Gasteiger partial charge in [-0.3, -0.25) is 4.79 Å². The molecule has 1 heterocycles. The molecule has 1 amide bonds. The summed E-state index contributed by atoms with van der Waals surface area (Å²) in [4.78, 5) is 16.7. The van der Waals surface area contributed by atoms with E-state index in [2.05, 4.69) is 10.3 Å². The molecule has 1 aromatic heterocycles. The maximum atomic E-state index is 12.8. The first-order valence-corrected chi connectivity index (χ1v) is 10.9. The molecule has 0 aliphatic heterocycles. The van der Waals surface area contributed by atoms with Crippen molar-refractivity contribution in [2.45, 2.75) is 18.7 Å². The third-order valence-electron chi connectivity index (χ3n) is 3.99. The number of amides is 1. The Balaban J connectivity index is 1.69. The number of aryl methyl sites for hydroxylation is 1. The van der Waals surface area contributed by atoms with Crippen LogP contribution in [0.25, 0.3) is 10.2 Å². The molecule has 0 spiro atoms. The van der Waals surface area contributed by atoms with Gasteiger partial charge in [-0.1, -0.05) is 0 Å². The summed E-state index contributed by atoms with van der Waals surface area (Å²) in [6.45, 7) is 4.02. The van der Waals surface area contributed by atoms with Crippen LogP contribution in [-0.2, 0) is 14.8 Å². The number of benzene rings is 2. The quantitative estimate of drug-likeness (QED) is 0.635. The van der Waals surface area contributed by atoms with E-state index in [1.807, 2.05) is 13.8 Å². The molecule has 2 aromatic carbocycles. The lowest BCUT2D eigenvalue weighted by atomic mass is 10.3. The van der Waals surface area contributed by atoms with Crippen molar-refractivity contribution in [2.24, 2.45) is 0 Å². The molecule has 0 radical (unpaired) electrons. The number of thiazole rings is 1. The molecule has 0 fully saturated rings. The maximum absolute atomic E-state index is 12.8. The first-order chi connectivity index (χ1) is 13.3. The number of carbonyl (C=O) groups excluding carboxylic acids is 1. The summed E-state index contributed by atoms with van der Waals surface area (Å²) in [6, 6.07) is 11.7. The number of hydrogen-bond acceptors (Lipinski definition) is 6. The molecule has 0 saturated heterocycles. The van der Waals surface area contributed by atoms with Crippen molar-refractivity contribution >= 4 is 43.2 Å². The van der Waals surface area contributed by atoms with Crippen LogP contribution in [0.4, 0.5) is 5.69 Å². The van der Waals surface area contributed by atoms with Crippen LogP contribution in [0.3, 0.4) is 0 Å². The lowest BCUT2D eigenvalue weighted by Crippen LogP contribution is -2.34. The van der Waals surface area contributed by atoms with Crippen LogP contribution in [-0.4, -0.2) is 43.8 Å².